The van der Waals surface area contributed by atoms with E-state index in [0.717, 1.165) is 24.8 Å². The van der Waals surface area contributed by atoms with Crippen molar-refractivity contribution in [1.82, 2.24) is 20.7 Å². The number of hydrogen-bond acceptors (Lipinski definition) is 6. The molecule has 2 atom stereocenters. The molecule has 10 nitrogen and oxygen atoms in total. The molecule has 2 rings (SSSR count). The summed E-state index contributed by atoms with van der Waals surface area (Å²) in [5.41, 5.74) is 9.69. The van der Waals surface area contributed by atoms with E-state index in [0.29, 0.717) is 32.5 Å². The molecule has 2 aromatic rings. The lowest BCUT2D eigenvalue weighted by Crippen LogP contribution is -2.53. The fourth-order valence-electron chi connectivity index (χ4n) is 4.87. The average Bonchev–Trinajstić information content (AvgIpc) is 2.96. The molecule has 0 aliphatic carbocycles. The molecule has 10 heteroatoms. The first-order valence-electron chi connectivity index (χ1n) is 15.3. The van der Waals surface area contributed by atoms with Gasteiger partial charge in [-0.3, -0.25) is 24.6 Å². The summed E-state index contributed by atoms with van der Waals surface area (Å²) in [4.78, 5) is 53.3. The number of hydrogen-bond donors (Lipinski definition) is 4. The van der Waals surface area contributed by atoms with Crippen molar-refractivity contribution in [2.45, 2.75) is 78.9 Å². The summed E-state index contributed by atoms with van der Waals surface area (Å²) in [6.07, 6.45) is 1.89. The Kier molecular flexibility index (Phi) is 14.9. The number of nitrogens with one attached hydrogen (secondary N) is 2. The van der Waals surface area contributed by atoms with Gasteiger partial charge in [0.2, 0.25) is 11.8 Å². The second kappa shape index (κ2) is 18.0. The molecule has 2 aromatic carbocycles. The SMILES string of the molecule is CCCN(CC(O)C(Cc1ccccc1)NC(=O)c1cc(C(N)=O)cc(C(=O)N(CCC)CCC)c1)NC(=O)CC(C)C. The lowest BCUT2D eigenvalue weighted by atomic mass is 9.99. The molecule has 0 spiro atoms. The maximum atomic E-state index is 13.6. The number of rotatable bonds is 18. The molecule has 0 aromatic heterocycles. The molecule has 0 fully saturated rings. The number of hydrazine groups is 1. The summed E-state index contributed by atoms with van der Waals surface area (Å²) < 4.78 is 0. The zero-order valence-electron chi connectivity index (χ0n) is 26.3. The number of primary amides is 1. The van der Waals surface area contributed by atoms with Gasteiger partial charge in [0.05, 0.1) is 12.1 Å². The molecule has 236 valence electrons. The fourth-order valence-corrected chi connectivity index (χ4v) is 4.87. The molecule has 0 aliphatic rings. The van der Waals surface area contributed by atoms with E-state index >= 15 is 0 Å². The smallest absolute Gasteiger partial charge is 0.253 e. The summed E-state index contributed by atoms with van der Waals surface area (Å²) >= 11 is 0. The first-order chi connectivity index (χ1) is 20.5. The molecule has 0 radical (unpaired) electrons. The van der Waals surface area contributed by atoms with Crippen LogP contribution in [0.25, 0.3) is 0 Å². The first-order valence-corrected chi connectivity index (χ1v) is 15.3. The number of carbonyl (C=O) groups excluding carboxylic acids is 4. The van der Waals surface area contributed by atoms with Gasteiger partial charge in [-0.2, -0.15) is 0 Å². The summed E-state index contributed by atoms with van der Waals surface area (Å²) in [5, 5.41) is 16.0. The quantitative estimate of drug-likeness (QED) is 0.194. The fraction of sp³-hybridized carbons (Fsp3) is 0.515. The molecular weight excluding hydrogens is 546 g/mol. The van der Waals surface area contributed by atoms with Crippen LogP contribution in [0.15, 0.2) is 48.5 Å². The highest BCUT2D eigenvalue weighted by Crippen LogP contribution is 2.16. The molecular formula is C33H49N5O5. The Hall–Kier alpha value is -3.76. The van der Waals surface area contributed by atoms with Crippen LogP contribution in [0.3, 0.4) is 0 Å². The molecule has 0 bridgehead atoms. The Morgan fingerprint density at radius 2 is 1.44 bits per heavy atom. The van der Waals surface area contributed by atoms with Crippen LogP contribution in [0.1, 0.15) is 96.9 Å². The number of amides is 4. The van der Waals surface area contributed by atoms with Gasteiger partial charge in [-0.05, 0) is 55.4 Å². The average molecular weight is 596 g/mol. The van der Waals surface area contributed by atoms with Crippen LogP contribution < -0.4 is 16.5 Å². The van der Waals surface area contributed by atoms with Crippen LogP contribution in [0.2, 0.25) is 0 Å². The van der Waals surface area contributed by atoms with E-state index in [9.17, 15) is 24.3 Å². The summed E-state index contributed by atoms with van der Waals surface area (Å²) in [5.74, 6) is -1.55. The van der Waals surface area contributed by atoms with Crippen molar-refractivity contribution >= 4 is 23.6 Å². The molecule has 4 amide bonds. The van der Waals surface area contributed by atoms with Crippen molar-refractivity contribution in [2.75, 3.05) is 26.2 Å². The predicted molar refractivity (Wildman–Crippen MR) is 168 cm³/mol. The number of nitrogens with zero attached hydrogens (tertiary/aromatic N) is 2. The number of aliphatic hydroxyl groups excluding tert-OH is 1. The van der Waals surface area contributed by atoms with E-state index in [1.54, 1.807) is 9.91 Å². The zero-order chi connectivity index (χ0) is 31.9. The normalized spacial score (nSPS) is 12.6. The first kappa shape index (κ1) is 35.4. The molecule has 0 saturated heterocycles. The van der Waals surface area contributed by atoms with Crippen molar-refractivity contribution in [3.8, 4) is 0 Å². The highest BCUT2D eigenvalue weighted by atomic mass is 16.3. The van der Waals surface area contributed by atoms with Gasteiger partial charge in [-0.15, -0.1) is 0 Å². The Bertz CT molecular complexity index is 1200. The van der Waals surface area contributed by atoms with Gasteiger partial charge in [0.15, 0.2) is 0 Å². The number of benzene rings is 2. The third-order valence-corrected chi connectivity index (χ3v) is 6.86. The molecule has 43 heavy (non-hydrogen) atoms. The molecule has 5 N–H and O–H groups in total. The lowest BCUT2D eigenvalue weighted by Gasteiger charge is -2.30. The Labute approximate surface area is 256 Å². The van der Waals surface area contributed by atoms with E-state index in [4.69, 9.17) is 5.73 Å². The third kappa shape index (κ3) is 11.8. The van der Waals surface area contributed by atoms with Gasteiger partial charge in [-0.1, -0.05) is 65.0 Å². The molecule has 2 unspecified atom stereocenters. The zero-order valence-corrected chi connectivity index (χ0v) is 26.3. The molecule has 0 heterocycles. The largest absolute Gasteiger partial charge is 0.390 e. The van der Waals surface area contributed by atoms with E-state index in [-0.39, 0.29) is 41.0 Å². The second-order valence-electron chi connectivity index (χ2n) is 11.4. The number of nitrogens with two attached hydrogens (primary N) is 1. The third-order valence-electron chi connectivity index (χ3n) is 6.86. The van der Waals surface area contributed by atoms with Crippen LogP contribution in [-0.4, -0.2) is 77.0 Å². The Morgan fingerprint density at radius 1 is 0.860 bits per heavy atom. The van der Waals surface area contributed by atoms with Crippen LogP contribution in [0, 0.1) is 5.92 Å². The minimum atomic E-state index is -1.06. The van der Waals surface area contributed by atoms with E-state index < -0.39 is 24.0 Å². The maximum Gasteiger partial charge on any atom is 0.253 e. The van der Waals surface area contributed by atoms with Crippen molar-refractivity contribution in [2.24, 2.45) is 11.7 Å². The van der Waals surface area contributed by atoms with E-state index in [1.807, 2.05) is 65.0 Å². The van der Waals surface area contributed by atoms with Gasteiger partial charge < -0.3 is 21.1 Å². The summed E-state index contributed by atoms with van der Waals surface area (Å²) in [7, 11) is 0. The predicted octanol–water partition coefficient (Wildman–Crippen LogP) is 3.54. The van der Waals surface area contributed by atoms with Crippen molar-refractivity contribution in [3.63, 3.8) is 0 Å². The van der Waals surface area contributed by atoms with Gasteiger partial charge >= 0.3 is 0 Å². The second-order valence-corrected chi connectivity index (χ2v) is 11.4. The van der Waals surface area contributed by atoms with Crippen molar-refractivity contribution < 1.29 is 24.3 Å². The van der Waals surface area contributed by atoms with Crippen LogP contribution in [-0.2, 0) is 11.2 Å². The van der Waals surface area contributed by atoms with Gasteiger partial charge in [0, 0.05) is 49.3 Å². The summed E-state index contributed by atoms with van der Waals surface area (Å²) in [6, 6.07) is 12.9. The van der Waals surface area contributed by atoms with Gasteiger partial charge in [-0.25, -0.2) is 5.01 Å². The van der Waals surface area contributed by atoms with Crippen LogP contribution in [0.4, 0.5) is 0 Å². The Balaban J connectivity index is 2.38. The minimum Gasteiger partial charge on any atom is -0.390 e. The van der Waals surface area contributed by atoms with E-state index in [2.05, 4.69) is 10.7 Å². The highest BCUT2D eigenvalue weighted by Gasteiger charge is 2.27. The Morgan fingerprint density at radius 3 is 2.00 bits per heavy atom. The van der Waals surface area contributed by atoms with Crippen molar-refractivity contribution in [1.29, 1.82) is 0 Å². The van der Waals surface area contributed by atoms with Crippen LogP contribution in [0.5, 0.6) is 0 Å². The lowest BCUT2D eigenvalue weighted by molar-refractivity contribution is -0.127. The molecule has 0 aliphatic heterocycles. The highest BCUT2D eigenvalue weighted by molar-refractivity contribution is 6.04. The topological polar surface area (TPSA) is 145 Å². The minimum absolute atomic E-state index is 0.0473. The number of carbonyl (C=O) groups is 4. The summed E-state index contributed by atoms with van der Waals surface area (Å²) in [6.45, 7) is 11.5. The maximum absolute atomic E-state index is 13.6. The number of aliphatic hydroxyl groups is 1. The van der Waals surface area contributed by atoms with Crippen LogP contribution >= 0.6 is 0 Å². The van der Waals surface area contributed by atoms with Gasteiger partial charge in [0.1, 0.15) is 0 Å². The van der Waals surface area contributed by atoms with Crippen molar-refractivity contribution in [3.05, 3.63) is 70.8 Å². The molecule has 0 saturated carbocycles. The standard InChI is InChI=1S/C33H49N5O5/c1-6-14-37(15-7-2)33(43)27-20-25(31(34)41)19-26(21-27)32(42)35-28(18-24-12-10-9-11-13-24)29(39)22-38(16-8-3)36-30(40)17-23(4)5/h9-13,19-21,23,28-29,39H,6-8,14-18,22H2,1-5H3,(H2,34,41)(H,35,42)(H,36,40). The van der Waals surface area contributed by atoms with E-state index in [1.165, 1.54) is 18.2 Å². The monoisotopic (exact) mass is 595 g/mol. The van der Waals surface area contributed by atoms with Gasteiger partial charge in [0.25, 0.3) is 11.8 Å².